The zero-order valence-corrected chi connectivity index (χ0v) is 13.0. The van der Waals surface area contributed by atoms with Crippen LogP contribution >= 0.6 is 0 Å². The van der Waals surface area contributed by atoms with Crippen LogP contribution in [0.15, 0.2) is 0 Å². The molecule has 1 rings (SSSR count). The summed E-state index contributed by atoms with van der Waals surface area (Å²) in [7, 11) is 0. The summed E-state index contributed by atoms with van der Waals surface area (Å²) in [6.07, 6.45) is -5.77. The number of hydrogen-bond donors (Lipinski definition) is 3. The normalized spacial score (nSPS) is 37.9. The van der Waals surface area contributed by atoms with E-state index in [-0.39, 0.29) is 42.7 Å². The predicted octanol–water partition coefficient (Wildman–Crippen LogP) is -5.39. The molecule has 102 valence electrons. The van der Waals surface area contributed by atoms with Gasteiger partial charge in [-0.15, -0.1) is 0 Å². The largest absolute Gasteiger partial charge is 1.00 e. The molecule has 0 bridgehead atoms. The minimum absolute atomic E-state index is 0. The standard InChI is InChI=1S/C8H17NO7S.Na/c1-4-5(10)6(11)7(16-17(12)13)8(15-4)14-3-2-9;/h4-8,10-11H,2-3,9H2,1H3,(H,12,13);/q;+1/p-1/t4-,5+,6+,7-,8+;/m0./s1. The number of nitrogens with two attached hydrogens (primary N) is 1. The SMILES string of the molecule is C[C@@H]1O[C@@H](OCCN)[C@@H](OS(=O)[O-])[C@H](O)[C@@H]1O.[Na+]. The summed E-state index contributed by atoms with van der Waals surface area (Å²) in [6, 6.07) is 0. The monoisotopic (exact) mass is 293 g/mol. The maximum absolute atomic E-state index is 10.5. The minimum Gasteiger partial charge on any atom is -0.750 e. The Bertz CT molecular complexity index is 272. The Kier molecular flexibility index (Phi) is 9.36. The predicted molar refractivity (Wildman–Crippen MR) is 55.1 cm³/mol. The van der Waals surface area contributed by atoms with Gasteiger partial charge in [-0.2, -0.15) is 0 Å². The van der Waals surface area contributed by atoms with E-state index in [2.05, 4.69) is 4.18 Å². The van der Waals surface area contributed by atoms with Crippen molar-refractivity contribution in [3.05, 3.63) is 0 Å². The molecule has 1 heterocycles. The number of aliphatic hydroxyl groups excluding tert-OH is 2. The van der Waals surface area contributed by atoms with Crippen molar-refractivity contribution in [2.45, 2.75) is 37.6 Å². The van der Waals surface area contributed by atoms with Crippen molar-refractivity contribution in [3.8, 4) is 0 Å². The van der Waals surface area contributed by atoms with Gasteiger partial charge in [0.1, 0.15) is 12.2 Å². The second-order valence-corrected chi connectivity index (χ2v) is 4.22. The molecule has 0 aliphatic carbocycles. The first kappa shape index (κ1) is 18.9. The molecule has 1 aliphatic rings. The molecule has 4 N–H and O–H groups in total. The molecule has 1 aliphatic heterocycles. The molecule has 1 unspecified atom stereocenters. The summed E-state index contributed by atoms with van der Waals surface area (Å²) in [4.78, 5) is 0. The first-order valence-corrected chi connectivity index (χ1v) is 6.07. The molecule has 0 aromatic heterocycles. The van der Waals surface area contributed by atoms with Gasteiger partial charge in [0.25, 0.3) is 0 Å². The summed E-state index contributed by atoms with van der Waals surface area (Å²) in [5, 5.41) is 19.2. The van der Waals surface area contributed by atoms with Gasteiger partial charge in [0, 0.05) is 6.54 Å². The molecular weight excluding hydrogens is 277 g/mol. The van der Waals surface area contributed by atoms with Crippen molar-refractivity contribution in [2.24, 2.45) is 5.73 Å². The van der Waals surface area contributed by atoms with E-state index < -0.39 is 42.1 Å². The summed E-state index contributed by atoms with van der Waals surface area (Å²) < 4.78 is 35.7. The second-order valence-electron chi connectivity index (χ2n) is 3.62. The molecule has 0 spiro atoms. The Labute approximate surface area is 130 Å². The molecule has 0 radical (unpaired) electrons. The topological polar surface area (TPSA) is 134 Å². The molecule has 10 heteroatoms. The minimum atomic E-state index is -2.85. The van der Waals surface area contributed by atoms with E-state index in [0.717, 1.165) is 0 Å². The van der Waals surface area contributed by atoms with Gasteiger partial charge < -0.3 is 30.0 Å². The van der Waals surface area contributed by atoms with Crippen LogP contribution in [0.4, 0.5) is 0 Å². The van der Waals surface area contributed by atoms with Crippen LogP contribution in [0.3, 0.4) is 0 Å². The van der Waals surface area contributed by atoms with E-state index in [0.29, 0.717) is 0 Å². The van der Waals surface area contributed by atoms with E-state index in [1.54, 1.807) is 0 Å². The molecule has 0 amide bonds. The van der Waals surface area contributed by atoms with Gasteiger partial charge in [-0.1, -0.05) is 0 Å². The van der Waals surface area contributed by atoms with Crippen LogP contribution in [0, 0.1) is 0 Å². The zero-order chi connectivity index (χ0) is 13.0. The molecule has 0 aromatic carbocycles. The number of hydrogen-bond acceptors (Lipinski definition) is 8. The summed E-state index contributed by atoms with van der Waals surface area (Å²) in [5.41, 5.74) is 5.23. The Morgan fingerprint density at radius 3 is 2.56 bits per heavy atom. The maximum Gasteiger partial charge on any atom is 1.00 e. The quantitative estimate of drug-likeness (QED) is 0.338. The van der Waals surface area contributed by atoms with Gasteiger partial charge in [0.15, 0.2) is 12.4 Å². The molecule has 1 saturated heterocycles. The fraction of sp³-hybridized carbons (Fsp3) is 1.00. The Hall–Kier alpha value is 0.870. The summed E-state index contributed by atoms with van der Waals surface area (Å²) in [6.45, 7) is 1.85. The van der Waals surface area contributed by atoms with Crippen molar-refractivity contribution in [2.75, 3.05) is 13.2 Å². The third kappa shape index (κ3) is 5.10. The molecule has 6 atom stereocenters. The Morgan fingerprint density at radius 1 is 1.44 bits per heavy atom. The van der Waals surface area contributed by atoms with Crippen molar-refractivity contribution < 1.29 is 62.2 Å². The zero-order valence-electron chi connectivity index (χ0n) is 10.2. The number of ether oxygens (including phenoxy) is 2. The van der Waals surface area contributed by atoms with E-state index >= 15 is 0 Å². The molecular formula is C8H16NNaO7S. The van der Waals surface area contributed by atoms with E-state index in [1.807, 2.05) is 0 Å². The van der Waals surface area contributed by atoms with Gasteiger partial charge in [0.05, 0.1) is 24.1 Å². The van der Waals surface area contributed by atoms with Crippen molar-refractivity contribution in [1.29, 1.82) is 0 Å². The average molecular weight is 293 g/mol. The third-order valence-electron chi connectivity index (χ3n) is 2.37. The molecule has 1 fully saturated rings. The molecule has 0 saturated carbocycles. The second kappa shape index (κ2) is 8.93. The van der Waals surface area contributed by atoms with Crippen LogP contribution in [0.1, 0.15) is 6.92 Å². The molecule has 8 nitrogen and oxygen atoms in total. The summed E-state index contributed by atoms with van der Waals surface area (Å²) in [5.74, 6) is 0. The van der Waals surface area contributed by atoms with Crippen molar-refractivity contribution in [1.82, 2.24) is 0 Å². The van der Waals surface area contributed by atoms with Crippen LogP contribution in [-0.2, 0) is 25.0 Å². The van der Waals surface area contributed by atoms with Gasteiger partial charge in [-0.3, -0.25) is 4.18 Å². The summed E-state index contributed by atoms with van der Waals surface area (Å²) >= 11 is -2.85. The van der Waals surface area contributed by atoms with Crippen molar-refractivity contribution in [3.63, 3.8) is 0 Å². The molecule has 18 heavy (non-hydrogen) atoms. The van der Waals surface area contributed by atoms with E-state index in [4.69, 9.17) is 15.2 Å². The van der Waals surface area contributed by atoms with E-state index in [9.17, 15) is 19.0 Å². The van der Waals surface area contributed by atoms with Gasteiger partial charge in [-0.25, -0.2) is 4.21 Å². The maximum atomic E-state index is 10.5. The number of rotatable bonds is 5. The van der Waals surface area contributed by atoms with Crippen LogP contribution in [0.5, 0.6) is 0 Å². The first-order valence-electron chi connectivity index (χ1n) is 5.07. The van der Waals surface area contributed by atoms with Gasteiger partial charge in [0.2, 0.25) is 0 Å². The van der Waals surface area contributed by atoms with Gasteiger partial charge >= 0.3 is 29.6 Å². The third-order valence-corrected chi connectivity index (χ3v) is 2.75. The van der Waals surface area contributed by atoms with Crippen LogP contribution < -0.4 is 35.3 Å². The van der Waals surface area contributed by atoms with Crippen molar-refractivity contribution >= 4 is 11.4 Å². The number of aliphatic hydroxyl groups is 2. The molecule has 0 aromatic rings. The smallest absolute Gasteiger partial charge is 0.750 e. The fourth-order valence-corrected chi connectivity index (χ4v) is 1.90. The first-order chi connectivity index (χ1) is 7.97. The van der Waals surface area contributed by atoms with Crippen LogP contribution in [0.25, 0.3) is 0 Å². The van der Waals surface area contributed by atoms with Gasteiger partial charge in [-0.05, 0) is 6.92 Å². The Morgan fingerprint density at radius 2 is 2.06 bits per heavy atom. The van der Waals surface area contributed by atoms with Crippen LogP contribution in [0.2, 0.25) is 0 Å². The van der Waals surface area contributed by atoms with Crippen LogP contribution in [-0.4, -0.2) is 62.8 Å². The van der Waals surface area contributed by atoms with E-state index in [1.165, 1.54) is 6.92 Å². The average Bonchev–Trinajstić information content (AvgIpc) is 2.27. The Balaban J connectivity index is 0.00000289. The fourth-order valence-electron chi connectivity index (χ4n) is 1.51.